The zero-order chi connectivity index (χ0) is 17.4. The van der Waals surface area contributed by atoms with E-state index >= 15 is 0 Å². The van der Waals surface area contributed by atoms with E-state index in [0.717, 1.165) is 5.56 Å². The van der Waals surface area contributed by atoms with Crippen LogP contribution in [0, 0.1) is 0 Å². The predicted molar refractivity (Wildman–Crippen MR) is 101 cm³/mol. The zero-order valence-electron chi connectivity index (χ0n) is 13.9. The van der Waals surface area contributed by atoms with Gasteiger partial charge >= 0.3 is 0 Å². The van der Waals surface area contributed by atoms with Gasteiger partial charge in [-0.2, -0.15) is 11.3 Å². The third kappa shape index (κ3) is 5.69. The minimum atomic E-state index is -0.0843. The van der Waals surface area contributed by atoms with Gasteiger partial charge in [0.05, 0.1) is 6.04 Å². The topological polar surface area (TPSA) is 58.2 Å². The number of carbonyl (C=O) groups is 2. The van der Waals surface area contributed by atoms with Crippen LogP contribution in [0.1, 0.15) is 41.7 Å². The summed E-state index contributed by atoms with van der Waals surface area (Å²) in [7, 11) is 0. The molecule has 0 saturated heterocycles. The van der Waals surface area contributed by atoms with Crippen LogP contribution < -0.4 is 10.6 Å². The van der Waals surface area contributed by atoms with Crippen molar-refractivity contribution >= 4 is 34.9 Å². The molecular formula is C18H22N2O2S2. The number of hydrogen-bond acceptors (Lipinski definition) is 4. The van der Waals surface area contributed by atoms with Crippen LogP contribution in [-0.4, -0.2) is 24.6 Å². The van der Waals surface area contributed by atoms with Gasteiger partial charge in [0.1, 0.15) is 0 Å². The summed E-state index contributed by atoms with van der Waals surface area (Å²) in [5, 5.41) is 9.50. The Morgan fingerprint density at radius 2 is 1.96 bits per heavy atom. The van der Waals surface area contributed by atoms with Crippen LogP contribution in [0.4, 0.5) is 0 Å². The lowest BCUT2D eigenvalue weighted by Crippen LogP contribution is -2.28. The predicted octanol–water partition coefficient (Wildman–Crippen LogP) is 3.86. The molecule has 4 nitrogen and oxygen atoms in total. The van der Waals surface area contributed by atoms with Crippen molar-refractivity contribution in [2.45, 2.75) is 30.7 Å². The van der Waals surface area contributed by atoms with Gasteiger partial charge in [-0.15, -0.1) is 11.8 Å². The van der Waals surface area contributed by atoms with Crippen molar-refractivity contribution in [3.8, 4) is 0 Å². The number of rotatable bonds is 8. The summed E-state index contributed by atoms with van der Waals surface area (Å²) < 4.78 is 0. The minimum Gasteiger partial charge on any atom is -0.352 e. The maximum Gasteiger partial charge on any atom is 0.252 e. The highest BCUT2D eigenvalue weighted by Crippen LogP contribution is 2.18. The maximum absolute atomic E-state index is 12.0. The maximum atomic E-state index is 12.0. The highest BCUT2D eigenvalue weighted by molar-refractivity contribution is 7.98. The zero-order valence-corrected chi connectivity index (χ0v) is 15.5. The van der Waals surface area contributed by atoms with Gasteiger partial charge in [0.2, 0.25) is 5.91 Å². The Hall–Kier alpha value is -1.79. The lowest BCUT2D eigenvalue weighted by Gasteiger charge is -2.14. The van der Waals surface area contributed by atoms with Crippen molar-refractivity contribution in [1.82, 2.24) is 10.6 Å². The number of amides is 2. The Bertz CT molecular complexity index is 654. The summed E-state index contributed by atoms with van der Waals surface area (Å²) in [6.45, 7) is 2.48. The third-order valence-corrected chi connectivity index (χ3v) is 5.07. The van der Waals surface area contributed by atoms with Gasteiger partial charge in [0.15, 0.2) is 0 Å². The molecule has 2 rings (SSSR count). The average Bonchev–Trinajstić information content (AvgIpc) is 3.13. The van der Waals surface area contributed by atoms with Gasteiger partial charge in [-0.25, -0.2) is 0 Å². The first-order valence-corrected chi connectivity index (χ1v) is 10.0. The van der Waals surface area contributed by atoms with Gasteiger partial charge in [-0.3, -0.25) is 9.59 Å². The molecule has 0 saturated carbocycles. The molecule has 0 aliphatic carbocycles. The van der Waals surface area contributed by atoms with Crippen LogP contribution in [0.5, 0.6) is 0 Å². The fourth-order valence-corrected chi connectivity index (χ4v) is 3.28. The van der Waals surface area contributed by atoms with E-state index in [0.29, 0.717) is 24.9 Å². The molecule has 2 amide bonds. The van der Waals surface area contributed by atoms with Crippen molar-refractivity contribution in [3.63, 3.8) is 0 Å². The van der Waals surface area contributed by atoms with E-state index in [1.54, 1.807) is 17.8 Å². The average molecular weight is 363 g/mol. The van der Waals surface area contributed by atoms with Gasteiger partial charge in [-0.1, -0.05) is 12.1 Å². The van der Waals surface area contributed by atoms with Crippen LogP contribution in [0.15, 0.2) is 46.0 Å². The molecule has 0 spiro atoms. The molecule has 24 heavy (non-hydrogen) atoms. The molecule has 0 aliphatic rings. The summed E-state index contributed by atoms with van der Waals surface area (Å²) in [5.41, 5.74) is 1.76. The third-order valence-electron chi connectivity index (χ3n) is 3.64. The normalized spacial score (nSPS) is 11.8. The largest absolute Gasteiger partial charge is 0.352 e. The fourth-order valence-electron chi connectivity index (χ4n) is 2.24. The summed E-state index contributed by atoms with van der Waals surface area (Å²) in [6, 6.07) is 9.96. The second-order valence-electron chi connectivity index (χ2n) is 5.43. The second-order valence-corrected chi connectivity index (χ2v) is 7.09. The van der Waals surface area contributed by atoms with E-state index in [-0.39, 0.29) is 17.9 Å². The monoisotopic (exact) mass is 362 g/mol. The van der Waals surface area contributed by atoms with E-state index < -0.39 is 0 Å². The Kier molecular flexibility index (Phi) is 7.34. The molecule has 1 atom stereocenters. The molecule has 1 heterocycles. The molecule has 0 aliphatic heterocycles. The van der Waals surface area contributed by atoms with E-state index in [2.05, 4.69) is 22.8 Å². The van der Waals surface area contributed by atoms with E-state index in [9.17, 15) is 9.59 Å². The van der Waals surface area contributed by atoms with Crippen molar-refractivity contribution in [3.05, 3.63) is 52.2 Å². The van der Waals surface area contributed by atoms with Crippen LogP contribution in [0.2, 0.25) is 0 Å². The van der Waals surface area contributed by atoms with Crippen LogP contribution in [0.25, 0.3) is 0 Å². The molecule has 1 aromatic heterocycles. The smallest absolute Gasteiger partial charge is 0.252 e. The number of thioether (sulfide) groups is 1. The number of hydrogen-bond donors (Lipinski definition) is 2. The van der Waals surface area contributed by atoms with Gasteiger partial charge < -0.3 is 10.6 Å². The lowest BCUT2D eigenvalue weighted by atomic mass is 10.1. The van der Waals surface area contributed by atoms with E-state index in [4.69, 9.17) is 0 Å². The number of benzene rings is 1. The first-order chi connectivity index (χ1) is 11.6. The molecule has 6 heteroatoms. The molecular weight excluding hydrogens is 340 g/mol. The highest BCUT2D eigenvalue weighted by atomic mass is 32.2. The number of thiophene rings is 1. The molecule has 1 unspecified atom stereocenters. The number of carbonyl (C=O) groups excluding carboxylic acids is 2. The quantitative estimate of drug-likeness (QED) is 0.554. The van der Waals surface area contributed by atoms with E-state index in [1.165, 1.54) is 16.2 Å². The SMILES string of the molecule is CSc1ccc(C(C)NC(=O)CCCNC(=O)c2ccsc2)cc1. The van der Waals surface area contributed by atoms with Gasteiger partial charge in [0, 0.05) is 28.8 Å². The summed E-state index contributed by atoms with van der Waals surface area (Å²) >= 11 is 3.19. The molecule has 1 aromatic carbocycles. The molecule has 0 radical (unpaired) electrons. The lowest BCUT2D eigenvalue weighted by molar-refractivity contribution is -0.121. The summed E-state index contributed by atoms with van der Waals surface area (Å²) in [6.07, 6.45) is 3.06. The van der Waals surface area contributed by atoms with Crippen molar-refractivity contribution in [2.75, 3.05) is 12.8 Å². The highest BCUT2D eigenvalue weighted by Gasteiger charge is 2.10. The summed E-state index contributed by atoms with van der Waals surface area (Å²) in [5.74, 6) is -0.0832. The molecule has 0 bridgehead atoms. The van der Waals surface area contributed by atoms with Crippen molar-refractivity contribution in [1.29, 1.82) is 0 Å². The Balaban J connectivity index is 1.67. The molecule has 2 aromatic rings. The Morgan fingerprint density at radius 3 is 2.58 bits per heavy atom. The standard InChI is InChI=1S/C18H22N2O2S2/c1-13(14-5-7-16(23-2)8-6-14)20-17(21)4-3-10-19-18(22)15-9-11-24-12-15/h5-9,11-13H,3-4,10H2,1-2H3,(H,19,22)(H,20,21). The second kappa shape index (κ2) is 9.49. The van der Waals surface area contributed by atoms with Crippen molar-refractivity contribution < 1.29 is 9.59 Å². The molecule has 0 fully saturated rings. The van der Waals surface area contributed by atoms with Crippen LogP contribution in [0.3, 0.4) is 0 Å². The molecule has 128 valence electrons. The minimum absolute atomic E-state index is 0.00113. The first kappa shape index (κ1) is 18.5. The van der Waals surface area contributed by atoms with Gasteiger partial charge in [-0.05, 0) is 48.7 Å². The Morgan fingerprint density at radius 1 is 1.21 bits per heavy atom. The Labute approximate surface area is 151 Å². The fraction of sp³-hybridized carbons (Fsp3) is 0.333. The summed E-state index contributed by atoms with van der Waals surface area (Å²) in [4.78, 5) is 25.0. The van der Waals surface area contributed by atoms with Crippen LogP contribution >= 0.6 is 23.1 Å². The molecule has 2 N–H and O–H groups in total. The van der Waals surface area contributed by atoms with E-state index in [1.807, 2.05) is 36.1 Å². The van der Waals surface area contributed by atoms with Gasteiger partial charge in [0.25, 0.3) is 5.91 Å². The van der Waals surface area contributed by atoms with Crippen LogP contribution in [-0.2, 0) is 4.79 Å². The van der Waals surface area contributed by atoms with Crippen molar-refractivity contribution in [2.24, 2.45) is 0 Å². The number of nitrogens with one attached hydrogen (secondary N) is 2. The first-order valence-electron chi connectivity index (χ1n) is 7.84.